The van der Waals surface area contributed by atoms with Crippen molar-refractivity contribution in [3.8, 4) is 0 Å². The maximum atomic E-state index is 14.5. The summed E-state index contributed by atoms with van der Waals surface area (Å²) in [5.41, 5.74) is -1.28. The Morgan fingerprint density at radius 3 is 2.42 bits per heavy atom. The molecule has 0 unspecified atom stereocenters. The van der Waals surface area contributed by atoms with Gasteiger partial charge in [0.05, 0.1) is 30.7 Å². The molecular formula is C33H43N3O7. The fraction of sp³-hybridized carbons (Fsp3) is 0.576. The van der Waals surface area contributed by atoms with Crippen LogP contribution in [0.3, 0.4) is 0 Å². The Kier molecular flexibility index (Phi) is 8.30. The van der Waals surface area contributed by atoms with Crippen LogP contribution in [-0.4, -0.2) is 99.1 Å². The van der Waals surface area contributed by atoms with Gasteiger partial charge >= 0.3 is 5.97 Å². The van der Waals surface area contributed by atoms with Gasteiger partial charge in [0, 0.05) is 25.6 Å². The van der Waals surface area contributed by atoms with Crippen molar-refractivity contribution >= 4 is 23.7 Å². The Bertz CT molecular complexity index is 1320. The number of hydrogen-bond donors (Lipinski definition) is 1. The zero-order valence-electron chi connectivity index (χ0n) is 25.8. The zero-order valence-corrected chi connectivity index (χ0v) is 25.8. The number of hydrogen-bond acceptors (Lipinski definition) is 7. The first-order chi connectivity index (χ1) is 20.3. The quantitative estimate of drug-likeness (QED) is 0.423. The SMILES string of the molecule is C[C@H](CO)N1C(=O)[C@@H]2[C@H]3C(=O)O[C@@H](c4ccccc4)[C@H](C)N(C)C(=O)CC/C=C\CN(C(C)(C)C)C(=O)[C@@H]1[C@]21C=C[C@H]3O1. The van der Waals surface area contributed by atoms with E-state index < -0.39 is 65.2 Å². The lowest BCUT2D eigenvalue weighted by molar-refractivity contribution is -0.164. The fourth-order valence-electron chi connectivity index (χ4n) is 6.96. The van der Waals surface area contributed by atoms with E-state index in [9.17, 15) is 24.3 Å². The van der Waals surface area contributed by atoms with Gasteiger partial charge in [-0.25, -0.2) is 0 Å². The third-order valence-corrected chi connectivity index (χ3v) is 9.43. The van der Waals surface area contributed by atoms with Crippen molar-refractivity contribution < 1.29 is 33.8 Å². The van der Waals surface area contributed by atoms with E-state index >= 15 is 0 Å². The minimum Gasteiger partial charge on any atom is -0.455 e. The molecule has 4 aliphatic heterocycles. The first-order valence-electron chi connectivity index (χ1n) is 15.1. The van der Waals surface area contributed by atoms with E-state index in [1.807, 2.05) is 70.2 Å². The summed E-state index contributed by atoms with van der Waals surface area (Å²) < 4.78 is 12.7. The van der Waals surface area contributed by atoms with Crippen molar-refractivity contribution in [2.24, 2.45) is 11.8 Å². The van der Waals surface area contributed by atoms with Crippen molar-refractivity contribution in [2.45, 2.75) is 88.9 Å². The number of likely N-dealkylation sites (N-methyl/N-ethyl adjacent to an activating group) is 1. The van der Waals surface area contributed by atoms with E-state index in [-0.39, 0.29) is 31.4 Å². The zero-order chi connectivity index (χ0) is 31.3. The van der Waals surface area contributed by atoms with Crippen LogP contribution in [-0.2, 0) is 28.7 Å². The molecule has 0 aromatic heterocycles. The monoisotopic (exact) mass is 593 g/mol. The summed E-state index contributed by atoms with van der Waals surface area (Å²) in [5.74, 6) is -3.48. The standard InChI is InChI=1S/C33H43N3O7/c1-20(19-37)36-28-30(40)35(32(3,4)5)18-12-8-11-15-24(38)34(6)21(2)27(22-13-9-7-10-14-22)42-31(41)25-23-16-17-33(28,43-23)26(25)29(36)39/h7-10,12-14,16-17,20-21,23,25-28,37H,11,15,18-19H2,1-6H3/b12-8-/t20-,21+,23-,25+,26+,27-,28-,33+/m1/s1. The molecule has 4 heterocycles. The van der Waals surface area contributed by atoms with Gasteiger partial charge in [-0.3, -0.25) is 19.2 Å². The molecule has 232 valence electrons. The van der Waals surface area contributed by atoms with E-state index in [2.05, 4.69) is 0 Å². The average Bonchev–Trinajstić information content (AvgIpc) is 3.62. The highest BCUT2D eigenvalue weighted by Crippen LogP contribution is 2.56. The molecule has 2 saturated heterocycles. The van der Waals surface area contributed by atoms with Crippen LogP contribution in [0.5, 0.6) is 0 Å². The summed E-state index contributed by atoms with van der Waals surface area (Å²) in [6, 6.07) is 6.97. The number of carbonyl (C=O) groups is 4. The van der Waals surface area contributed by atoms with Gasteiger partial charge in [-0.1, -0.05) is 54.6 Å². The van der Waals surface area contributed by atoms with Gasteiger partial charge in [0.2, 0.25) is 17.7 Å². The number of allylic oxidation sites excluding steroid dienone is 1. The van der Waals surface area contributed by atoms with Crippen LogP contribution in [0.1, 0.15) is 59.1 Å². The summed E-state index contributed by atoms with van der Waals surface area (Å²) in [7, 11) is 1.70. The number of aliphatic hydroxyl groups is 1. The molecule has 8 atom stereocenters. The maximum Gasteiger partial charge on any atom is 0.313 e. The van der Waals surface area contributed by atoms with Gasteiger partial charge in [0.25, 0.3) is 0 Å². The number of rotatable bonds is 3. The van der Waals surface area contributed by atoms with Crippen LogP contribution in [0.25, 0.3) is 0 Å². The molecule has 3 amide bonds. The number of amides is 3. The van der Waals surface area contributed by atoms with Crippen molar-refractivity contribution in [1.82, 2.24) is 14.7 Å². The first-order valence-corrected chi connectivity index (χ1v) is 15.1. The van der Waals surface area contributed by atoms with Crippen molar-refractivity contribution in [3.05, 3.63) is 60.2 Å². The number of cyclic esters (lactones) is 1. The number of nitrogens with zero attached hydrogens (tertiary/aromatic N) is 3. The highest BCUT2D eigenvalue weighted by molar-refractivity contribution is 5.99. The highest BCUT2D eigenvalue weighted by Gasteiger charge is 2.74. The number of carbonyl (C=O) groups excluding carboxylic acids is 4. The molecule has 43 heavy (non-hydrogen) atoms. The number of ether oxygens (including phenoxy) is 2. The van der Waals surface area contributed by atoms with Gasteiger partial charge in [-0.2, -0.15) is 0 Å². The fourth-order valence-corrected chi connectivity index (χ4v) is 6.96. The smallest absolute Gasteiger partial charge is 0.313 e. The van der Waals surface area contributed by atoms with Gasteiger partial charge in [0.1, 0.15) is 23.7 Å². The predicted molar refractivity (Wildman–Crippen MR) is 158 cm³/mol. The third kappa shape index (κ3) is 5.18. The number of likely N-dealkylation sites (tertiary alicyclic amines) is 1. The van der Waals surface area contributed by atoms with E-state index in [0.29, 0.717) is 6.42 Å². The molecule has 0 aliphatic carbocycles. The van der Waals surface area contributed by atoms with Crippen LogP contribution in [0.2, 0.25) is 0 Å². The van der Waals surface area contributed by atoms with Crippen LogP contribution >= 0.6 is 0 Å². The molecule has 5 rings (SSSR count). The Hall–Kier alpha value is -3.50. The van der Waals surface area contributed by atoms with E-state index in [1.54, 1.807) is 35.9 Å². The summed E-state index contributed by atoms with van der Waals surface area (Å²) >= 11 is 0. The lowest BCUT2D eigenvalue weighted by Crippen LogP contribution is -2.61. The average molecular weight is 594 g/mol. The Morgan fingerprint density at radius 1 is 1.07 bits per heavy atom. The topological polar surface area (TPSA) is 117 Å². The number of esters is 1. The molecule has 0 radical (unpaired) electrons. The molecule has 5 bridgehead atoms. The minimum atomic E-state index is -1.38. The Morgan fingerprint density at radius 2 is 1.77 bits per heavy atom. The molecule has 0 saturated carbocycles. The lowest BCUT2D eigenvalue weighted by atomic mass is 9.74. The lowest BCUT2D eigenvalue weighted by Gasteiger charge is -2.42. The molecule has 1 aromatic carbocycles. The normalized spacial score (nSPS) is 34.9. The molecule has 1 spiro atoms. The molecule has 2 fully saturated rings. The van der Waals surface area contributed by atoms with Gasteiger partial charge in [0.15, 0.2) is 0 Å². The van der Waals surface area contributed by atoms with E-state index in [0.717, 1.165) is 5.56 Å². The van der Waals surface area contributed by atoms with Gasteiger partial charge in [-0.05, 0) is 46.6 Å². The second-order valence-electron chi connectivity index (χ2n) is 13.1. The van der Waals surface area contributed by atoms with Crippen LogP contribution < -0.4 is 0 Å². The van der Waals surface area contributed by atoms with Crippen LogP contribution in [0.15, 0.2) is 54.6 Å². The summed E-state index contributed by atoms with van der Waals surface area (Å²) in [5, 5.41) is 10.2. The maximum absolute atomic E-state index is 14.5. The molecule has 10 heteroatoms. The van der Waals surface area contributed by atoms with Crippen molar-refractivity contribution in [1.29, 1.82) is 0 Å². The second-order valence-corrected chi connectivity index (χ2v) is 13.1. The number of benzene rings is 1. The minimum absolute atomic E-state index is 0.102. The van der Waals surface area contributed by atoms with Crippen molar-refractivity contribution in [2.75, 3.05) is 20.2 Å². The highest BCUT2D eigenvalue weighted by atomic mass is 16.6. The van der Waals surface area contributed by atoms with Crippen LogP contribution in [0.4, 0.5) is 0 Å². The van der Waals surface area contributed by atoms with Gasteiger partial charge in [-0.15, -0.1) is 0 Å². The molecular weight excluding hydrogens is 550 g/mol. The molecule has 4 aliphatic rings. The van der Waals surface area contributed by atoms with Crippen LogP contribution in [0, 0.1) is 11.8 Å². The van der Waals surface area contributed by atoms with Crippen molar-refractivity contribution in [3.63, 3.8) is 0 Å². The summed E-state index contributed by atoms with van der Waals surface area (Å²) in [6.45, 7) is 9.17. The third-order valence-electron chi connectivity index (χ3n) is 9.43. The van der Waals surface area contributed by atoms with E-state index in [4.69, 9.17) is 9.47 Å². The number of aliphatic hydroxyl groups excluding tert-OH is 1. The molecule has 1 N–H and O–H groups in total. The molecule has 1 aromatic rings. The largest absolute Gasteiger partial charge is 0.455 e. The summed E-state index contributed by atoms with van der Waals surface area (Å²) in [6.07, 6.45) is 6.42. The summed E-state index contributed by atoms with van der Waals surface area (Å²) in [4.78, 5) is 60.8. The predicted octanol–water partition coefficient (Wildman–Crippen LogP) is 2.63. The number of fused-ring (bicyclic) bond motifs is 2. The second kappa shape index (κ2) is 11.5. The first kappa shape index (κ1) is 30.9. The van der Waals surface area contributed by atoms with E-state index in [1.165, 1.54) is 4.90 Å². The Labute approximate surface area is 253 Å². The molecule has 10 nitrogen and oxygen atoms in total. The van der Waals surface area contributed by atoms with Gasteiger partial charge < -0.3 is 29.3 Å². The Balaban J connectivity index is 1.63.